The molecule has 1 aromatic rings. The quantitative estimate of drug-likeness (QED) is 0.638. The van der Waals surface area contributed by atoms with Crippen molar-refractivity contribution < 1.29 is 19.6 Å². The molecule has 1 fully saturated rings. The number of carbonyl (C=O) groups is 2. The van der Waals surface area contributed by atoms with E-state index in [1.54, 1.807) is 0 Å². The van der Waals surface area contributed by atoms with Crippen LogP contribution in [0.3, 0.4) is 0 Å². The molecule has 0 radical (unpaired) electrons. The summed E-state index contributed by atoms with van der Waals surface area (Å²) in [5.74, 6) is -1.53. The Labute approximate surface area is 108 Å². The number of aromatic nitrogens is 1. The van der Waals surface area contributed by atoms with Gasteiger partial charge in [-0.05, 0) is 12.8 Å². The second kappa shape index (κ2) is 4.71. The number of likely N-dealkylation sites (tertiary alicyclic amines) is 1. The number of carboxylic acid groups (broad SMARTS) is 1. The molecule has 0 aromatic carbocycles. The van der Waals surface area contributed by atoms with Crippen molar-refractivity contribution in [3.8, 4) is 0 Å². The number of rotatable bonds is 3. The molecule has 1 saturated heterocycles. The van der Waals surface area contributed by atoms with Gasteiger partial charge in [0.25, 0.3) is 11.6 Å². The molecule has 1 aliphatic heterocycles. The molecular weight excluding hydrogens is 254 g/mol. The van der Waals surface area contributed by atoms with Crippen LogP contribution in [-0.4, -0.2) is 44.0 Å². The Morgan fingerprint density at radius 1 is 1.53 bits per heavy atom. The molecule has 0 saturated carbocycles. The Balaban J connectivity index is 2.29. The first-order valence-electron chi connectivity index (χ1n) is 5.76. The van der Waals surface area contributed by atoms with Gasteiger partial charge in [0.15, 0.2) is 0 Å². The van der Waals surface area contributed by atoms with E-state index < -0.39 is 22.8 Å². The summed E-state index contributed by atoms with van der Waals surface area (Å²) in [4.78, 5) is 34.6. The van der Waals surface area contributed by atoms with Crippen LogP contribution in [0.25, 0.3) is 0 Å². The van der Waals surface area contributed by atoms with Crippen molar-refractivity contribution in [1.29, 1.82) is 0 Å². The van der Waals surface area contributed by atoms with E-state index in [9.17, 15) is 19.7 Å². The number of carbonyl (C=O) groups excluding carboxylic acids is 1. The van der Waals surface area contributed by atoms with Gasteiger partial charge in [-0.2, -0.15) is 0 Å². The van der Waals surface area contributed by atoms with Crippen molar-refractivity contribution in [2.75, 3.05) is 6.54 Å². The van der Waals surface area contributed by atoms with Crippen molar-refractivity contribution in [3.05, 3.63) is 28.1 Å². The average molecular weight is 267 g/mol. The maximum Gasteiger partial charge on any atom is 0.326 e. The molecule has 102 valence electrons. The zero-order valence-corrected chi connectivity index (χ0v) is 10.3. The highest BCUT2D eigenvalue weighted by Crippen LogP contribution is 2.23. The molecule has 0 bridgehead atoms. The van der Waals surface area contributed by atoms with Crippen LogP contribution in [0.5, 0.6) is 0 Å². The number of nitro groups is 1. The van der Waals surface area contributed by atoms with E-state index in [2.05, 4.69) is 0 Å². The maximum absolute atomic E-state index is 12.2. The summed E-state index contributed by atoms with van der Waals surface area (Å²) in [6.07, 6.45) is 2.27. The van der Waals surface area contributed by atoms with E-state index in [0.717, 1.165) is 0 Å². The molecular formula is C11H13N3O5. The molecule has 8 nitrogen and oxygen atoms in total. The number of hydrogen-bond acceptors (Lipinski definition) is 4. The van der Waals surface area contributed by atoms with Crippen LogP contribution in [-0.2, 0) is 11.8 Å². The molecule has 0 spiro atoms. The summed E-state index contributed by atoms with van der Waals surface area (Å²) in [5, 5.41) is 19.7. The van der Waals surface area contributed by atoms with E-state index >= 15 is 0 Å². The van der Waals surface area contributed by atoms with E-state index in [4.69, 9.17) is 5.11 Å². The zero-order chi connectivity index (χ0) is 14.2. The van der Waals surface area contributed by atoms with Crippen LogP contribution >= 0.6 is 0 Å². The average Bonchev–Trinajstić information content (AvgIpc) is 2.93. The highest BCUT2D eigenvalue weighted by Gasteiger charge is 2.35. The number of hydrogen-bond donors (Lipinski definition) is 1. The minimum Gasteiger partial charge on any atom is -0.480 e. The van der Waals surface area contributed by atoms with Gasteiger partial charge in [-0.15, -0.1) is 0 Å². The van der Waals surface area contributed by atoms with Gasteiger partial charge in [-0.3, -0.25) is 14.9 Å². The van der Waals surface area contributed by atoms with Crippen molar-refractivity contribution >= 4 is 17.6 Å². The van der Waals surface area contributed by atoms with E-state index in [-0.39, 0.29) is 11.4 Å². The van der Waals surface area contributed by atoms with Gasteiger partial charge in [0.1, 0.15) is 11.7 Å². The molecule has 8 heteroatoms. The molecule has 19 heavy (non-hydrogen) atoms. The normalized spacial score (nSPS) is 18.6. The topological polar surface area (TPSA) is 106 Å². The number of aliphatic carboxylic acids is 1. The van der Waals surface area contributed by atoms with Gasteiger partial charge in [0, 0.05) is 19.7 Å². The lowest BCUT2D eigenvalue weighted by atomic mass is 10.2. The van der Waals surface area contributed by atoms with Crippen molar-refractivity contribution in [1.82, 2.24) is 9.47 Å². The highest BCUT2D eigenvalue weighted by molar-refractivity contribution is 5.96. The molecule has 0 unspecified atom stereocenters. The van der Waals surface area contributed by atoms with Crippen LogP contribution in [0.15, 0.2) is 12.3 Å². The third-order valence-electron chi connectivity index (χ3n) is 3.22. The monoisotopic (exact) mass is 267 g/mol. The third-order valence-corrected chi connectivity index (χ3v) is 3.22. The number of carboxylic acids is 1. The predicted molar refractivity (Wildman–Crippen MR) is 63.8 cm³/mol. The Bertz CT molecular complexity index is 551. The molecule has 1 atom stereocenters. The lowest BCUT2D eigenvalue weighted by molar-refractivity contribution is -0.384. The smallest absolute Gasteiger partial charge is 0.326 e. The second-order valence-corrected chi connectivity index (χ2v) is 4.45. The molecule has 1 N–H and O–H groups in total. The van der Waals surface area contributed by atoms with Crippen LogP contribution < -0.4 is 0 Å². The minimum absolute atomic E-state index is 0.125. The molecule has 2 heterocycles. The van der Waals surface area contributed by atoms with E-state index in [1.165, 1.54) is 28.8 Å². The Morgan fingerprint density at radius 3 is 2.74 bits per heavy atom. The SMILES string of the molecule is Cn1cc([N+](=O)[O-])cc1C(=O)N1CCC[C@@H]1C(=O)O. The number of amides is 1. The molecule has 1 aliphatic rings. The van der Waals surface area contributed by atoms with Gasteiger partial charge in [-0.1, -0.05) is 0 Å². The molecule has 1 amide bonds. The van der Waals surface area contributed by atoms with Gasteiger partial charge >= 0.3 is 5.97 Å². The minimum atomic E-state index is -1.05. The fraction of sp³-hybridized carbons (Fsp3) is 0.455. The van der Waals surface area contributed by atoms with Gasteiger partial charge in [0.05, 0.1) is 11.1 Å². The summed E-state index contributed by atoms with van der Waals surface area (Å²) < 4.78 is 1.34. The van der Waals surface area contributed by atoms with Crippen molar-refractivity contribution in [2.45, 2.75) is 18.9 Å². The summed E-state index contributed by atoms with van der Waals surface area (Å²) in [7, 11) is 1.52. The van der Waals surface area contributed by atoms with Gasteiger partial charge < -0.3 is 14.6 Å². The fourth-order valence-electron chi connectivity index (χ4n) is 2.27. The molecule has 1 aromatic heterocycles. The Hall–Kier alpha value is -2.38. The summed E-state index contributed by atoms with van der Waals surface area (Å²) in [6.45, 7) is 0.356. The van der Waals surface area contributed by atoms with Crippen LogP contribution in [0.2, 0.25) is 0 Å². The predicted octanol–water partition coefficient (Wildman–Crippen LogP) is 0.623. The Morgan fingerprint density at radius 2 is 2.21 bits per heavy atom. The van der Waals surface area contributed by atoms with E-state index in [1.807, 2.05) is 0 Å². The van der Waals surface area contributed by atoms with Crippen molar-refractivity contribution in [3.63, 3.8) is 0 Å². The third kappa shape index (κ3) is 2.28. The largest absolute Gasteiger partial charge is 0.480 e. The summed E-state index contributed by atoms with van der Waals surface area (Å²) >= 11 is 0. The first kappa shape index (κ1) is 13.1. The lowest BCUT2D eigenvalue weighted by Crippen LogP contribution is -2.41. The molecule has 2 rings (SSSR count). The first-order chi connectivity index (χ1) is 8.91. The summed E-state index contributed by atoms with van der Waals surface area (Å²) in [6, 6.07) is 0.320. The van der Waals surface area contributed by atoms with Crippen LogP contribution in [0.4, 0.5) is 5.69 Å². The number of nitrogens with zero attached hydrogens (tertiary/aromatic N) is 3. The standard InChI is InChI=1S/C11H13N3O5/c1-12-6-7(14(18)19)5-9(12)10(15)13-4-2-3-8(13)11(16)17/h5-6,8H,2-4H2,1H3,(H,16,17)/t8-/m1/s1. The summed E-state index contributed by atoms with van der Waals surface area (Å²) in [5.41, 5.74) is -0.0585. The first-order valence-corrected chi connectivity index (χ1v) is 5.76. The number of aryl methyl sites for hydroxylation is 1. The Kier molecular flexibility index (Phi) is 3.24. The van der Waals surface area contributed by atoms with Crippen LogP contribution in [0, 0.1) is 10.1 Å². The highest BCUT2D eigenvalue weighted by atomic mass is 16.6. The lowest BCUT2D eigenvalue weighted by Gasteiger charge is -2.21. The zero-order valence-electron chi connectivity index (χ0n) is 10.3. The maximum atomic E-state index is 12.2. The second-order valence-electron chi connectivity index (χ2n) is 4.45. The van der Waals surface area contributed by atoms with Gasteiger partial charge in [0.2, 0.25) is 0 Å². The molecule has 0 aliphatic carbocycles. The van der Waals surface area contributed by atoms with Crippen LogP contribution in [0.1, 0.15) is 23.3 Å². The van der Waals surface area contributed by atoms with Crippen molar-refractivity contribution in [2.24, 2.45) is 7.05 Å². The van der Waals surface area contributed by atoms with Gasteiger partial charge in [-0.25, -0.2) is 4.79 Å². The fourth-order valence-corrected chi connectivity index (χ4v) is 2.27. The van der Waals surface area contributed by atoms with E-state index in [0.29, 0.717) is 19.4 Å².